The summed E-state index contributed by atoms with van der Waals surface area (Å²) in [7, 11) is 4.47. The van der Waals surface area contributed by atoms with Crippen LogP contribution < -0.4 is 29.3 Å². The van der Waals surface area contributed by atoms with Crippen LogP contribution in [0.2, 0.25) is 0 Å². The molecule has 40 heavy (non-hydrogen) atoms. The number of fused-ring (bicyclic) bond motifs is 1. The van der Waals surface area contributed by atoms with Gasteiger partial charge in [-0.05, 0) is 61.5 Å². The highest BCUT2D eigenvalue weighted by atomic mass is 79.9. The van der Waals surface area contributed by atoms with E-state index in [-0.39, 0.29) is 0 Å². The van der Waals surface area contributed by atoms with Gasteiger partial charge in [0.15, 0.2) is 11.5 Å². The lowest BCUT2D eigenvalue weighted by Crippen LogP contribution is -2.48. The molecule has 2 saturated heterocycles. The van der Waals surface area contributed by atoms with E-state index in [9.17, 15) is 14.4 Å². The van der Waals surface area contributed by atoms with E-state index in [0.29, 0.717) is 50.9 Å². The van der Waals surface area contributed by atoms with Crippen LogP contribution in [0.4, 0.5) is 5.69 Å². The number of amides is 3. The summed E-state index contributed by atoms with van der Waals surface area (Å²) in [6.07, 6.45) is 0. The molecule has 3 aromatic rings. The third kappa shape index (κ3) is 4.54. The monoisotopic (exact) mass is 609 g/mol. The summed E-state index contributed by atoms with van der Waals surface area (Å²) in [5.74, 6) is -0.645. The number of anilines is 1. The normalized spacial score (nSPS) is 20.0. The summed E-state index contributed by atoms with van der Waals surface area (Å²) in [6.45, 7) is 2.35. The number of ether oxygens (including phenoxy) is 4. The van der Waals surface area contributed by atoms with Crippen LogP contribution in [0.1, 0.15) is 28.9 Å². The lowest BCUT2D eigenvalue weighted by atomic mass is 9.90. The summed E-state index contributed by atoms with van der Waals surface area (Å²) < 4.78 is 22.9. The molecule has 0 aliphatic carbocycles. The molecule has 10 nitrogen and oxygen atoms in total. The number of halogens is 1. The maximum Gasteiger partial charge on any atom is 0.268 e. The van der Waals surface area contributed by atoms with Gasteiger partial charge in [-0.2, -0.15) is 0 Å². The number of nitrogens with zero attached hydrogens (tertiary/aromatic N) is 2. The lowest BCUT2D eigenvalue weighted by Gasteiger charge is -2.26. The number of nitrogens with one attached hydrogen (secondary N) is 1. The highest BCUT2D eigenvalue weighted by Crippen LogP contribution is 2.49. The third-order valence-corrected chi connectivity index (χ3v) is 7.49. The largest absolute Gasteiger partial charge is 0.494 e. The molecule has 2 heterocycles. The first-order chi connectivity index (χ1) is 19.3. The molecule has 3 aromatic carbocycles. The Bertz CT molecular complexity index is 1460. The molecular formula is C29H28BrN3O7. The maximum atomic E-state index is 14.0. The van der Waals surface area contributed by atoms with Gasteiger partial charge >= 0.3 is 0 Å². The molecule has 0 saturated carbocycles. The van der Waals surface area contributed by atoms with Gasteiger partial charge in [0, 0.05) is 15.6 Å². The molecule has 11 heteroatoms. The van der Waals surface area contributed by atoms with Crippen LogP contribution in [0, 0.1) is 5.92 Å². The zero-order valence-electron chi connectivity index (χ0n) is 22.3. The molecular weight excluding hydrogens is 582 g/mol. The summed E-state index contributed by atoms with van der Waals surface area (Å²) in [6, 6.07) is 15.1. The molecule has 2 fully saturated rings. The number of rotatable bonds is 8. The molecule has 0 unspecified atom stereocenters. The van der Waals surface area contributed by atoms with Crippen LogP contribution in [0.15, 0.2) is 65.1 Å². The first-order valence-corrected chi connectivity index (χ1v) is 13.4. The van der Waals surface area contributed by atoms with Crippen molar-refractivity contribution in [2.75, 3.05) is 32.8 Å². The lowest BCUT2D eigenvalue weighted by molar-refractivity contribution is -0.123. The van der Waals surface area contributed by atoms with E-state index >= 15 is 0 Å². The topological polar surface area (TPSA) is 107 Å². The van der Waals surface area contributed by atoms with Crippen molar-refractivity contribution in [2.45, 2.75) is 19.0 Å². The number of hydrogen-bond donors (Lipinski definition) is 1. The number of hydrogen-bond acceptors (Lipinski definition) is 8. The van der Waals surface area contributed by atoms with Crippen molar-refractivity contribution >= 4 is 39.3 Å². The molecule has 2 aliphatic rings. The number of benzene rings is 3. The fraction of sp³-hybridized carbons (Fsp3) is 0.276. The number of carbonyl (C=O) groups is 3. The van der Waals surface area contributed by atoms with Crippen LogP contribution in [0.25, 0.3) is 0 Å². The van der Waals surface area contributed by atoms with Crippen molar-refractivity contribution in [2.24, 2.45) is 5.92 Å². The van der Waals surface area contributed by atoms with Gasteiger partial charge in [0.1, 0.15) is 11.8 Å². The summed E-state index contributed by atoms with van der Waals surface area (Å²) in [4.78, 5) is 42.9. The average Bonchev–Trinajstić information content (AvgIpc) is 3.48. The van der Waals surface area contributed by atoms with E-state index in [1.807, 2.05) is 6.92 Å². The Morgan fingerprint density at radius 3 is 2.27 bits per heavy atom. The van der Waals surface area contributed by atoms with Gasteiger partial charge in [-0.3, -0.25) is 19.4 Å². The maximum absolute atomic E-state index is 14.0. The van der Waals surface area contributed by atoms with Crippen molar-refractivity contribution in [3.63, 3.8) is 0 Å². The predicted octanol–water partition coefficient (Wildman–Crippen LogP) is 4.13. The molecule has 0 aromatic heterocycles. The third-order valence-electron chi connectivity index (χ3n) is 7.00. The molecule has 5 rings (SSSR count). The highest BCUT2D eigenvalue weighted by Gasteiger charge is 2.61. The van der Waals surface area contributed by atoms with Gasteiger partial charge in [0.05, 0.1) is 45.6 Å². The minimum atomic E-state index is -1.10. The van der Waals surface area contributed by atoms with E-state index in [4.69, 9.17) is 18.9 Å². The number of imide groups is 1. The van der Waals surface area contributed by atoms with Crippen molar-refractivity contribution in [1.29, 1.82) is 0 Å². The SMILES string of the molecule is CCOc1ccc(N2C(=O)[C@@H]3[C@@H](c4ccc(OC)c(OC)c4OC)NN(C(=O)c4cccc(Br)c4)[C@H]3C2=O)cc1. The second kappa shape index (κ2) is 11.2. The Morgan fingerprint density at radius 2 is 1.65 bits per heavy atom. The summed E-state index contributed by atoms with van der Waals surface area (Å²) in [5, 5.41) is 1.25. The van der Waals surface area contributed by atoms with E-state index in [1.165, 1.54) is 26.3 Å². The van der Waals surface area contributed by atoms with E-state index < -0.39 is 35.7 Å². The zero-order chi connectivity index (χ0) is 28.6. The minimum Gasteiger partial charge on any atom is -0.494 e. The van der Waals surface area contributed by atoms with Crippen LogP contribution in [-0.4, -0.2) is 56.7 Å². The van der Waals surface area contributed by atoms with Gasteiger partial charge in [0.25, 0.3) is 11.8 Å². The van der Waals surface area contributed by atoms with Crippen LogP contribution in [0.5, 0.6) is 23.0 Å². The fourth-order valence-corrected chi connectivity index (χ4v) is 5.67. The Hall–Kier alpha value is -4.09. The standard InChI is InChI=1S/C29H28BrN3O7/c1-5-40-19-11-9-18(10-12-19)32-28(35)22-23(20-13-14-21(37-2)26(39-4)25(20)38-3)31-33(24(22)29(32)36)27(34)16-7-6-8-17(30)15-16/h6-15,22-24,31H,5H2,1-4H3/t22-,23-,24-/m1/s1. The average molecular weight is 610 g/mol. The molecule has 0 spiro atoms. The van der Waals surface area contributed by atoms with Crippen molar-refractivity contribution in [3.05, 3.63) is 76.3 Å². The number of carbonyl (C=O) groups excluding carboxylic acids is 3. The van der Waals surface area contributed by atoms with Crippen LogP contribution in [0.3, 0.4) is 0 Å². The van der Waals surface area contributed by atoms with Gasteiger partial charge in [0.2, 0.25) is 11.7 Å². The Kier molecular flexibility index (Phi) is 7.68. The van der Waals surface area contributed by atoms with Gasteiger partial charge in [-0.15, -0.1) is 0 Å². The quantitative estimate of drug-likeness (QED) is 0.380. The number of methoxy groups -OCH3 is 3. The van der Waals surface area contributed by atoms with Crippen molar-refractivity contribution in [1.82, 2.24) is 10.4 Å². The molecule has 3 amide bonds. The molecule has 208 valence electrons. The molecule has 1 N–H and O–H groups in total. The van der Waals surface area contributed by atoms with Gasteiger partial charge in [-0.25, -0.2) is 10.3 Å². The van der Waals surface area contributed by atoms with E-state index in [1.54, 1.807) is 60.7 Å². The summed E-state index contributed by atoms with van der Waals surface area (Å²) in [5.41, 5.74) is 4.43. The van der Waals surface area contributed by atoms with Crippen molar-refractivity contribution < 1.29 is 33.3 Å². The smallest absolute Gasteiger partial charge is 0.268 e. The Balaban J connectivity index is 1.61. The first kappa shape index (κ1) is 27.5. The summed E-state index contributed by atoms with van der Waals surface area (Å²) >= 11 is 3.40. The molecule has 3 atom stereocenters. The highest BCUT2D eigenvalue weighted by molar-refractivity contribution is 9.10. The molecule has 2 aliphatic heterocycles. The van der Waals surface area contributed by atoms with E-state index in [2.05, 4.69) is 21.4 Å². The van der Waals surface area contributed by atoms with Gasteiger partial charge < -0.3 is 18.9 Å². The Morgan fingerprint density at radius 1 is 0.925 bits per heavy atom. The van der Waals surface area contributed by atoms with Crippen LogP contribution in [-0.2, 0) is 9.59 Å². The fourth-order valence-electron chi connectivity index (χ4n) is 5.28. The van der Waals surface area contributed by atoms with Crippen LogP contribution >= 0.6 is 15.9 Å². The Labute approximate surface area is 239 Å². The second-order valence-electron chi connectivity index (χ2n) is 9.13. The molecule has 0 radical (unpaired) electrons. The molecule has 0 bridgehead atoms. The zero-order valence-corrected chi connectivity index (χ0v) is 23.9. The van der Waals surface area contributed by atoms with E-state index in [0.717, 1.165) is 4.90 Å². The number of hydrazine groups is 1. The first-order valence-electron chi connectivity index (χ1n) is 12.6. The predicted molar refractivity (Wildman–Crippen MR) is 150 cm³/mol. The van der Waals surface area contributed by atoms with Gasteiger partial charge in [-0.1, -0.05) is 22.0 Å². The van der Waals surface area contributed by atoms with Crippen molar-refractivity contribution in [3.8, 4) is 23.0 Å². The minimum absolute atomic E-state index is 0.328. The second-order valence-corrected chi connectivity index (χ2v) is 10.0.